The van der Waals surface area contributed by atoms with Gasteiger partial charge < -0.3 is 10.8 Å². The number of nitrogens with one attached hydrogen (secondary N) is 1. The predicted molar refractivity (Wildman–Crippen MR) is 126 cm³/mol. The summed E-state index contributed by atoms with van der Waals surface area (Å²) < 4.78 is 1.41. The fourth-order valence-corrected chi connectivity index (χ4v) is 3.85. The topological polar surface area (TPSA) is 123 Å². The first-order valence-corrected chi connectivity index (χ1v) is 11.3. The van der Waals surface area contributed by atoms with Gasteiger partial charge in [-0.1, -0.05) is 62.0 Å². The molecule has 0 aliphatic carbocycles. The summed E-state index contributed by atoms with van der Waals surface area (Å²) in [6.07, 6.45) is 0.980. The van der Waals surface area contributed by atoms with Crippen molar-refractivity contribution in [3.63, 3.8) is 0 Å². The van der Waals surface area contributed by atoms with E-state index in [9.17, 15) is 9.59 Å². The zero-order valence-corrected chi connectivity index (χ0v) is 19.1. The standard InChI is InChI=1S/C23H27N5O3S/c1-14(2)12-16-8-10-17(11-9-16)15(3)22(31)27-28-21(18-6-4-5-7-19(18)24)25-26-23(28)32-13-20(29)30/h4-11,14-15H,12-13,24H2,1-3H3,(H,27,31)(H,29,30). The summed E-state index contributed by atoms with van der Waals surface area (Å²) in [6, 6.07) is 15.1. The average Bonchev–Trinajstić information content (AvgIpc) is 3.14. The van der Waals surface area contributed by atoms with Gasteiger partial charge in [0.1, 0.15) is 0 Å². The number of para-hydroxylation sites is 1. The van der Waals surface area contributed by atoms with Crippen LogP contribution in [0, 0.1) is 5.92 Å². The second kappa shape index (κ2) is 10.3. The van der Waals surface area contributed by atoms with Gasteiger partial charge in [0.2, 0.25) is 11.1 Å². The molecule has 1 heterocycles. The van der Waals surface area contributed by atoms with Crippen molar-refractivity contribution in [3.05, 3.63) is 59.7 Å². The lowest BCUT2D eigenvalue weighted by Crippen LogP contribution is -2.28. The van der Waals surface area contributed by atoms with Gasteiger partial charge >= 0.3 is 5.97 Å². The molecule has 0 saturated heterocycles. The average molecular weight is 454 g/mol. The van der Waals surface area contributed by atoms with Crippen LogP contribution in [0.4, 0.5) is 5.69 Å². The molecule has 0 saturated carbocycles. The van der Waals surface area contributed by atoms with Crippen molar-refractivity contribution >= 4 is 29.3 Å². The van der Waals surface area contributed by atoms with E-state index in [4.69, 9.17) is 10.8 Å². The fraction of sp³-hybridized carbons (Fsp3) is 0.304. The van der Waals surface area contributed by atoms with Crippen molar-refractivity contribution in [2.24, 2.45) is 5.92 Å². The number of thioether (sulfide) groups is 1. The number of nitrogens with zero attached hydrogens (tertiary/aromatic N) is 3. The predicted octanol–water partition coefficient (Wildman–Crippen LogP) is 3.78. The van der Waals surface area contributed by atoms with E-state index in [2.05, 4.69) is 29.5 Å². The molecule has 0 radical (unpaired) electrons. The summed E-state index contributed by atoms with van der Waals surface area (Å²) in [6.45, 7) is 6.15. The molecule has 0 aliphatic heterocycles. The molecule has 0 spiro atoms. The lowest BCUT2D eigenvalue weighted by atomic mass is 9.96. The third-order valence-electron chi connectivity index (χ3n) is 4.90. The number of aliphatic carboxylic acids is 1. The van der Waals surface area contributed by atoms with Crippen LogP contribution >= 0.6 is 11.8 Å². The number of rotatable bonds is 9. The molecule has 168 valence electrons. The minimum absolute atomic E-state index is 0.217. The van der Waals surface area contributed by atoms with Crippen LogP contribution in [0.2, 0.25) is 0 Å². The van der Waals surface area contributed by atoms with Gasteiger partial charge in [0.25, 0.3) is 0 Å². The van der Waals surface area contributed by atoms with Crippen LogP contribution in [0.25, 0.3) is 11.4 Å². The third-order valence-corrected chi connectivity index (χ3v) is 5.81. The Hall–Kier alpha value is -3.33. The van der Waals surface area contributed by atoms with Crippen LogP contribution in [0.5, 0.6) is 0 Å². The first-order valence-electron chi connectivity index (χ1n) is 10.3. The number of anilines is 1. The number of benzene rings is 2. The van der Waals surface area contributed by atoms with Crippen LogP contribution in [0.3, 0.4) is 0 Å². The number of carboxylic acid groups (broad SMARTS) is 1. The molecule has 2 aromatic carbocycles. The van der Waals surface area contributed by atoms with E-state index in [1.807, 2.05) is 31.2 Å². The number of hydrogen-bond donors (Lipinski definition) is 3. The van der Waals surface area contributed by atoms with Gasteiger partial charge in [-0.05, 0) is 42.5 Å². The third kappa shape index (κ3) is 5.67. The number of carbonyl (C=O) groups excluding carboxylic acids is 1. The summed E-state index contributed by atoms with van der Waals surface area (Å²) in [4.78, 5) is 24.1. The Balaban J connectivity index is 1.87. The Morgan fingerprint density at radius 3 is 2.41 bits per heavy atom. The van der Waals surface area contributed by atoms with Crippen LogP contribution in [0.15, 0.2) is 53.7 Å². The van der Waals surface area contributed by atoms with E-state index >= 15 is 0 Å². The van der Waals surface area contributed by atoms with Crippen LogP contribution in [-0.2, 0) is 16.0 Å². The van der Waals surface area contributed by atoms with Crippen molar-refractivity contribution in [2.75, 3.05) is 16.9 Å². The highest BCUT2D eigenvalue weighted by Gasteiger charge is 2.22. The number of nitrogens with two attached hydrogens (primary N) is 1. The highest BCUT2D eigenvalue weighted by atomic mass is 32.2. The fourth-order valence-electron chi connectivity index (χ4n) is 3.24. The molecule has 9 heteroatoms. The van der Waals surface area contributed by atoms with Crippen molar-refractivity contribution < 1.29 is 14.7 Å². The summed E-state index contributed by atoms with van der Waals surface area (Å²) in [5, 5.41) is 17.5. The number of nitrogen functional groups attached to an aromatic ring is 1. The molecule has 1 unspecified atom stereocenters. The van der Waals surface area contributed by atoms with E-state index in [0.717, 1.165) is 23.7 Å². The molecule has 1 aromatic heterocycles. The van der Waals surface area contributed by atoms with Crippen LogP contribution in [0.1, 0.15) is 37.8 Å². The van der Waals surface area contributed by atoms with Gasteiger partial charge in [0.15, 0.2) is 5.82 Å². The summed E-state index contributed by atoms with van der Waals surface area (Å²) in [5.74, 6) is -1.03. The van der Waals surface area contributed by atoms with E-state index in [-0.39, 0.29) is 16.8 Å². The second-order valence-corrected chi connectivity index (χ2v) is 8.89. The molecule has 8 nitrogen and oxygen atoms in total. The summed E-state index contributed by atoms with van der Waals surface area (Å²) in [7, 11) is 0. The van der Waals surface area contributed by atoms with Crippen LogP contribution in [-0.4, -0.2) is 37.6 Å². The van der Waals surface area contributed by atoms with E-state index in [0.29, 0.717) is 23.0 Å². The largest absolute Gasteiger partial charge is 0.481 e. The van der Waals surface area contributed by atoms with Crippen molar-refractivity contribution in [1.29, 1.82) is 0 Å². The number of aromatic nitrogens is 3. The van der Waals surface area contributed by atoms with Gasteiger partial charge in [-0.25, -0.2) is 4.68 Å². The Morgan fingerprint density at radius 2 is 1.78 bits per heavy atom. The first kappa shape index (κ1) is 23.3. The number of hydrogen-bond acceptors (Lipinski definition) is 6. The molecule has 3 aromatic rings. The Kier molecular flexibility index (Phi) is 7.53. The lowest BCUT2D eigenvalue weighted by molar-refractivity contribution is -0.133. The highest BCUT2D eigenvalue weighted by Crippen LogP contribution is 2.27. The van der Waals surface area contributed by atoms with Gasteiger partial charge in [-0.3, -0.25) is 15.0 Å². The maximum Gasteiger partial charge on any atom is 0.313 e. The second-order valence-electron chi connectivity index (χ2n) is 7.95. The number of carbonyl (C=O) groups is 2. The molecule has 0 bridgehead atoms. The van der Waals surface area contributed by atoms with Crippen molar-refractivity contribution in [3.8, 4) is 11.4 Å². The molecule has 32 heavy (non-hydrogen) atoms. The smallest absolute Gasteiger partial charge is 0.313 e. The maximum atomic E-state index is 13.1. The Morgan fingerprint density at radius 1 is 1.09 bits per heavy atom. The van der Waals surface area contributed by atoms with E-state index in [1.165, 1.54) is 10.2 Å². The first-order chi connectivity index (χ1) is 15.3. The van der Waals surface area contributed by atoms with E-state index in [1.54, 1.807) is 24.3 Å². The SMILES string of the molecule is CC(C)Cc1ccc(C(C)C(=O)Nn2c(SCC(=O)O)nnc2-c2ccccc2N)cc1. The molecule has 3 rings (SSSR count). The Labute approximate surface area is 191 Å². The zero-order chi connectivity index (χ0) is 23.3. The van der Waals surface area contributed by atoms with Gasteiger partial charge in [-0.2, -0.15) is 0 Å². The van der Waals surface area contributed by atoms with E-state index < -0.39 is 11.9 Å². The molecule has 4 N–H and O–H groups in total. The van der Waals surface area contributed by atoms with Gasteiger partial charge in [-0.15, -0.1) is 10.2 Å². The summed E-state index contributed by atoms with van der Waals surface area (Å²) in [5.41, 5.74) is 12.1. The maximum absolute atomic E-state index is 13.1. The van der Waals surface area contributed by atoms with Crippen molar-refractivity contribution in [1.82, 2.24) is 14.9 Å². The highest BCUT2D eigenvalue weighted by molar-refractivity contribution is 7.99. The number of amides is 1. The Bertz CT molecular complexity index is 1100. The summed E-state index contributed by atoms with van der Waals surface area (Å²) >= 11 is 0.968. The van der Waals surface area contributed by atoms with Gasteiger partial charge in [0, 0.05) is 11.3 Å². The zero-order valence-electron chi connectivity index (χ0n) is 18.3. The number of carboxylic acids is 1. The van der Waals surface area contributed by atoms with Crippen molar-refractivity contribution in [2.45, 2.75) is 38.3 Å². The minimum Gasteiger partial charge on any atom is -0.481 e. The molecule has 0 fully saturated rings. The van der Waals surface area contributed by atoms with Crippen LogP contribution < -0.4 is 11.2 Å². The molecule has 1 atom stereocenters. The normalized spacial score (nSPS) is 12.0. The minimum atomic E-state index is -0.994. The molecule has 0 aliphatic rings. The molecule has 1 amide bonds. The molecular weight excluding hydrogens is 426 g/mol. The monoisotopic (exact) mass is 453 g/mol. The van der Waals surface area contributed by atoms with Gasteiger partial charge in [0.05, 0.1) is 11.7 Å². The molecular formula is C23H27N5O3S. The quantitative estimate of drug-likeness (QED) is 0.333. The lowest BCUT2D eigenvalue weighted by Gasteiger charge is -2.17.